The van der Waals surface area contributed by atoms with Crippen molar-refractivity contribution in [3.63, 3.8) is 0 Å². The van der Waals surface area contributed by atoms with E-state index in [9.17, 15) is 4.79 Å². The molecule has 4 heterocycles. The first-order valence-electron chi connectivity index (χ1n) is 9.66. The van der Waals surface area contributed by atoms with Gasteiger partial charge in [-0.05, 0) is 29.0 Å². The summed E-state index contributed by atoms with van der Waals surface area (Å²) in [6.07, 6.45) is 1.95. The van der Waals surface area contributed by atoms with Gasteiger partial charge in [-0.2, -0.15) is 0 Å². The average molecular weight is 415 g/mol. The van der Waals surface area contributed by atoms with Crippen molar-refractivity contribution in [1.82, 2.24) is 4.90 Å². The van der Waals surface area contributed by atoms with E-state index in [1.807, 2.05) is 23.2 Å². The zero-order chi connectivity index (χ0) is 19.2. The van der Waals surface area contributed by atoms with Gasteiger partial charge in [-0.15, -0.1) is 22.7 Å². The topological polar surface area (TPSA) is 42.1 Å². The van der Waals surface area contributed by atoms with E-state index in [2.05, 4.69) is 51.0 Å². The van der Waals surface area contributed by atoms with Crippen molar-refractivity contribution in [3.05, 3.63) is 69.2 Å². The van der Waals surface area contributed by atoms with Crippen molar-refractivity contribution in [2.45, 2.75) is 13.1 Å². The predicted molar refractivity (Wildman–Crippen MR) is 114 cm³/mol. The van der Waals surface area contributed by atoms with E-state index in [0.29, 0.717) is 6.54 Å². The molecule has 1 aliphatic heterocycles. The van der Waals surface area contributed by atoms with Crippen LogP contribution < -0.4 is 14.8 Å². The summed E-state index contributed by atoms with van der Waals surface area (Å²) < 4.78 is 0. The first-order valence-corrected chi connectivity index (χ1v) is 11.4. The molecule has 146 valence electrons. The van der Waals surface area contributed by atoms with Crippen molar-refractivity contribution in [3.8, 4) is 0 Å². The second kappa shape index (κ2) is 9.32. The number of quaternary nitrogens is 1. The summed E-state index contributed by atoms with van der Waals surface area (Å²) in [6.45, 7) is 5.67. The molecule has 1 aliphatic rings. The molecule has 0 radical (unpaired) electrons. The van der Waals surface area contributed by atoms with Gasteiger partial charge in [-0.1, -0.05) is 18.2 Å². The molecule has 0 unspecified atom stereocenters. The van der Waals surface area contributed by atoms with Crippen LogP contribution in [0.3, 0.4) is 0 Å². The fraction of sp³-hybridized carbons (Fsp3) is 0.333. The summed E-state index contributed by atoms with van der Waals surface area (Å²) in [4.78, 5) is 24.6. The van der Waals surface area contributed by atoms with Gasteiger partial charge in [-0.25, -0.2) is 4.98 Å². The molecular formula is C21H26N4OS2+2. The van der Waals surface area contributed by atoms with Crippen LogP contribution in [0.2, 0.25) is 0 Å². The van der Waals surface area contributed by atoms with Gasteiger partial charge in [0.2, 0.25) is 0 Å². The van der Waals surface area contributed by atoms with Crippen LogP contribution in [-0.2, 0) is 17.9 Å². The first-order chi connectivity index (χ1) is 13.8. The lowest BCUT2D eigenvalue weighted by molar-refractivity contribution is -0.919. The molecule has 1 fully saturated rings. The number of nitrogens with zero attached hydrogens (tertiary/aromatic N) is 2. The van der Waals surface area contributed by atoms with E-state index in [-0.39, 0.29) is 5.91 Å². The Labute approximate surface area is 173 Å². The Morgan fingerprint density at radius 2 is 1.61 bits per heavy atom. The largest absolute Gasteiger partial charge is 0.330 e. The van der Waals surface area contributed by atoms with E-state index in [4.69, 9.17) is 0 Å². The number of piperazine rings is 1. The van der Waals surface area contributed by atoms with Crippen LogP contribution in [0, 0.1) is 0 Å². The summed E-state index contributed by atoms with van der Waals surface area (Å²) in [5.74, 6) is 1.39. The lowest BCUT2D eigenvalue weighted by Gasteiger charge is -2.31. The monoisotopic (exact) mass is 414 g/mol. The molecule has 1 saturated heterocycles. The first kappa shape index (κ1) is 19.1. The van der Waals surface area contributed by atoms with Crippen molar-refractivity contribution in [2.75, 3.05) is 37.6 Å². The lowest BCUT2D eigenvalue weighted by Crippen LogP contribution is -3.10. The maximum atomic E-state index is 13.0. The third-order valence-electron chi connectivity index (χ3n) is 5.08. The summed E-state index contributed by atoms with van der Waals surface area (Å²) in [5, 5.41) is 4.22. The number of hydrogen-bond donors (Lipinski definition) is 1. The highest BCUT2D eigenvalue weighted by atomic mass is 32.1. The molecule has 0 atom stereocenters. The van der Waals surface area contributed by atoms with Crippen LogP contribution in [0.1, 0.15) is 9.75 Å². The van der Waals surface area contributed by atoms with Gasteiger partial charge in [0.15, 0.2) is 6.54 Å². The fourth-order valence-electron chi connectivity index (χ4n) is 3.61. The van der Waals surface area contributed by atoms with Gasteiger partial charge in [0.1, 0.15) is 26.2 Å². The molecule has 0 aliphatic carbocycles. The number of aromatic amines is 1. The molecule has 0 saturated carbocycles. The number of H-pyrrole nitrogens is 1. The highest BCUT2D eigenvalue weighted by Gasteiger charge is 2.28. The highest BCUT2D eigenvalue weighted by molar-refractivity contribution is 7.10. The Balaban J connectivity index is 1.34. The van der Waals surface area contributed by atoms with Crippen LogP contribution in [-0.4, -0.2) is 43.5 Å². The molecule has 7 heteroatoms. The van der Waals surface area contributed by atoms with Gasteiger partial charge in [0.05, 0.1) is 29.0 Å². The number of pyridine rings is 1. The molecule has 1 amide bonds. The van der Waals surface area contributed by atoms with Crippen molar-refractivity contribution in [2.24, 2.45) is 0 Å². The maximum absolute atomic E-state index is 13.0. The number of rotatable bonds is 7. The Bertz CT molecular complexity index is 808. The predicted octanol–water partition coefficient (Wildman–Crippen LogP) is 1.56. The van der Waals surface area contributed by atoms with E-state index < -0.39 is 0 Å². The fourth-order valence-corrected chi connectivity index (χ4v) is 5.16. The highest BCUT2D eigenvalue weighted by Crippen LogP contribution is 2.11. The van der Waals surface area contributed by atoms with Gasteiger partial charge >= 0.3 is 0 Å². The SMILES string of the molecule is O=C(C[NH+](Cc1cccs1)Cc1cccs1)N1CCN(c2cccc[nH+]2)CC1. The number of thiophene rings is 2. The molecule has 0 spiro atoms. The standard InChI is InChI=1S/C21H24N4OS2/c26-21(25-11-9-24(10-12-25)20-7-1-2-8-22-20)17-23(15-18-5-3-13-27-18)16-19-6-4-14-28-19/h1-8,13-14H,9-12,15-17H2/p+2. The Hall–Kier alpha value is -2.22. The molecule has 3 aromatic heterocycles. The molecule has 28 heavy (non-hydrogen) atoms. The molecule has 5 nitrogen and oxygen atoms in total. The molecule has 3 aromatic rings. The van der Waals surface area contributed by atoms with Crippen molar-refractivity contribution >= 4 is 34.4 Å². The maximum Gasteiger partial charge on any atom is 0.278 e. The number of aromatic nitrogens is 1. The molecule has 0 bridgehead atoms. The minimum atomic E-state index is 0.264. The Kier molecular flexibility index (Phi) is 6.36. The number of carbonyl (C=O) groups is 1. The number of anilines is 1. The summed E-state index contributed by atoms with van der Waals surface area (Å²) in [6, 6.07) is 14.6. The number of hydrogen-bond acceptors (Lipinski definition) is 4. The average Bonchev–Trinajstić information content (AvgIpc) is 3.43. The number of carbonyl (C=O) groups excluding carboxylic acids is 1. The van der Waals surface area contributed by atoms with Crippen LogP contribution in [0.25, 0.3) is 0 Å². The molecular weight excluding hydrogens is 388 g/mol. The quantitative estimate of drug-likeness (QED) is 0.638. The minimum absolute atomic E-state index is 0.264. The van der Waals surface area contributed by atoms with Gasteiger partial charge < -0.3 is 9.80 Å². The molecule has 2 N–H and O–H groups in total. The molecule has 4 rings (SSSR count). The minimum Gasteiger partial charge on any atom is -0.330 e. The normalized spacial score (nSPS) is 14.6. The van der Waals surface area contributed by atoms with E-state index in [0.717, 1.165) is 45.1 Å². The van der Waals surface area contributed by atoms with Gasteiger partial charge in [-0.3, -0.25) is 9.69 Å². The molecule has 0 aromatic carbocycles. The van der Waals surface area contributed by atoms with Crippen LogP contribution in [0.5, 0.6) is 0 Å². The van der Waals surface area contributed by atoms with Gasteiger partial charge in [0, 0.05) is 6.07 Å². The van der Waals surface area contributed by atoms with E-state index in [1.54, 1.807) is 22.7 Å². The smallest absolute Gasteiger partial charge is 0.278 e. The summed E-state index contributed by atoms with van der Waals surface area (Å²) >= 11 is 3.54. The van der Waals surface area contributed by atoms with Crippen molar-refractivity contribution < 1.29 is 14.7 Å². The Morgan fingerprint density at radius 3 is 2.14 bits per heavy atom. The number of nitrogens with one attached hydrogen (secondary N) is 2. The van der Waals surface area contributed by atoms with Crippen LogP contribution in [0.15, 0.2) is 59.4 Å². The number of amides is 1. The third kappa shape index (κ3) is 4.98. The van der Waals surface area contributed by atoms with E-state index >= 15 is 0 Å². The van der Waals surface area contributed by atoms with E-state index in [1.165, 1.54) is 14.7 Å². The zero-order valence-corrected chi connectivity index (χ0v) is 17.5. The second-order valence-corrected chi connectivity index (χ2v) is 9.12. The lowest BCUT2D eigenvalue weighted by atomic mass is 10.2. The summed E-state index contributed by atoms with van der Waals surface area (Å²) in [5.41, 5.74) is 0. The van der Waals surface area contributed by atoms with Crippen molar-refractivity contribution in [1.29, 1.82) is 0 Å². The van der Waals surface area contributed by atoms with Gasteiger partial charge in [0.25, 0.3) is 11.7 Å². The summed E-state index contributed by atoms with van der Waals surface area (Å²) in [7, 11) is 0. The van der Waals surface area contributed by atoms with Crippen LogP contribution >= 0.6 is 22.7 Å². The van der Waals surface area contributed by atoms with Crippen LogP contribution in [0.4, 0.5) is 5.82 Å². The Morgan fingerprint density at radius 1 is 0.929 bits per heavy atom. The second-order valence-electron chi connectivity index (χ2n) is 7.05. The third-order valence-corrected chi connectivity index (χ3v) is 6.83. The zero-order valence-electron chi connectivity index (χ0n) is 15.8.